The minimum atomic E-state index is 0.777. The summed E-state index contributed by atoms with van der Waals surface area (Å²) in [5.74, 6) is 1.03. The molecule has 3 aliphatic rings. The van der Waals surface area contributed by atoms with Crippen LogP contribution < -0.4 is 5.32 Å². The Balaban J connectivity index is 1.53. The maximum atomic E-state index is 3.71. The summed E-state index contributed by atoms with van der Waals surface area (Å²) in [4.78, 5) is 5.58. The van der Waals surface area contributed by atoms with Gasteiger partial charge in [-0.1, -0.05) is 6.92 Å². The van der Waals surface area contributed by atoms with Crippen molar-refractivity contribution in [3.05, 3.63) is 0 Å². The van der Waals surface area contributed by atoms with Gasteiger partial charge in [-0.25, -0.2) is 0 Å². The zero-order valence-corrected chi connectivity index (χ0v) is 14.0. The van der Waals surface area contributed by atoms with E-state index in [1.165, 1.54) is 90.6 Å². The molecule has 1 saturated carbocycles. The van der Waals surface area contributed by atoms with E-state index in [0.717, 1.165) is 18.0 Å². The molecule has 2 atom stereocenters. The Kier molecular flexibility index (Phi) is 5.96. The third-order valence-electron chi connectivity index (χ3n) is 5.65. The fraction of sp³-hybridized carbons (Fsp3) is 1.00. The number of hydrogen-bond acceptors (Lipinski definition) is 3. The summed E-state index contributed by atoms with van der Waals surface area (Å²) in [6.07, 6.45) is 11.3. The number of likely N-dealkylation sites (tertiary alicyclic amines) is 1. The fourth-order valence-corrected chi connectivity index (χ4v) is 4.24. The second-order valence-corrected chi connectivity index (χ2v) is 7.62. The molecule has 2 aliphatic heterocycles. The monoisotopic (exact) mass is 293 g/mol. The van der Waals surface area contributed by atoms with E-state index in [4.69, 9.17) is 0 Å². The van der Waals surface area contributed by atoms with Gasteiger partial charge in [-0.05, 0) is 83.5 Å². The Morgan fingerprint density at radius 3 is 2.62 bits per heavy atom. The number of hydrogen-bond donors (Lipinski definition) is 1. The molecule has 3 rings (SSSR count). The molecule has 0 radical (unpaired) electrons. The molecule has 3 heteroatoms. The highest BCUT2D eigenvalue weighted by Crippen LogP contribution is 2.32. The van der Waals surface area contributed by atoms with Crippen molar-refractivity contribution in [2.45, 2.75) is 70.4 Å². The molecule has 21 heavy (non-hydrogen) atoms. The van der Waals surface area contributed by atoms with Crippen molar-refractivity contribution in [3.8, 4) is 0 Å². The topological polar surface area (TPSA) is 18.5 Å². The highest BCUT2D eigenvalue weighted by atomic mass is 15.2. The van der Waals surface area contributed by atoms with Crippen LogP contribution in [0.15, 0.2) is 0 Å². The Labute approximate surface area is 131 Å². The van der Waals surface area contributed by atoms with Crippen molar-refractivity contribution >= 4 is 0 Å². The second kappa shape index (κ2) is 7.94. The van der Waals surface area contributed by atoms with E-state index < -0.39 is 0 Å². The molecule has 1 N–H and O–H groups in total. The van der Waals surface area contributed by atoms with E-state index in [2.05, 4.69) is 22.0 Å². The summed E-state index contributed by atoms with van der Waals surface area (Å²) in [6.45, 7) is 10.2. The molecule has 0 aromatic heterocycles. The highest BCUT2D eigenvalue weighted by Gasteiger charge is 2.31. The largest absolute Gasteiger partial charge is 0.313 e. The first-order valence-corrected chi connectivity index (χ1v) is 9.55. The molecule has 0 amide bonds. The van der Waals surface area contributed by atoms with Crippen LogP contribution >= 0.6 is 0 Å². The molecule has 0 bridgehead atoms. The van der Waals surface area contributed by atoms with Gasteiger partial charge < -0.3 is 10.2 Å². The Hall–Kier alpha value is -0.120. The third kappa shape index (κ3) is 4.94. The Morgan fingerprint density at radius 1 is 1.00 bits per heavy atom. The zero-order valence-electron chi connectivity index (χ0n) is 14.0. The van der Waals surface area contributed by atoms with Crippen LogP contribution in [0.4, 0.5) is 0 Å². The Morgan fingerprint density at radius 2 is 1.90 bits per heavy atom. The zero-order chi connectivity index (χ0) is 14.5. The first-order chi connectivity index (χ1) is 10.3. The molecule has 0 spiro atoms. The summed E-state index contributed by atoms with van der Waals surface area (Å²) in [5.41, 5.74) is 0. The number of nitrogens with zero attached hydrogens (tertiary/aromatic N) is 2. The lowest BCUT2D eigenvalue weighted by Crippen LogP contribution is -2.44. The molecule has 3 nitrogen and oxygen atoms in total. The summed E-state index contributed by atoms with van der Waals surface area (Å²) >= 11 is 0. The average molecular weight is 293 g/mol. The van der Waals surface area contributed by atoms with Crippen molar-refractivity contribution in [1.29, 1.82) is 0 Å². The number of rotatable bonds is 7. The van der Waals surface area contributed by atoms with E-state index in [-0.39, 0.29) is 0 Å². The predicted octanol–water partition coefficient (Wildman–Crippen LogP) is 2.71. The highest BCUT2D eigenvalue weighted by molar-refractivity contribution is 4.87. The Bertz CT molecular complexity index is 297. The smallest absolute Gasteiger partial charge is 0.0195 e. The maximum Gasteiger partial charge on any atom is 0.0195 e. The normalized spacial score (nSPS) is 31.7. The van der Waals surface area contributed by atoms with Gasteiger partial charge in [0.15, 0.2) is 0 Å². The molecule has 3 fully saturated rings. The van der Waals surface area contributed by atoms with Gasteiger partial charge in [0.05, 0.1) is 0 Å². The fourth-order valence-electron chi connectivity index (χ4n) is 4.24. The van der Waals surface area contributed by atoms with Crippen molar-refractivity contribution in [3.63, 3.8) is 0 Å². The van der Waals surface area contributed by atoms with E-state index in [9.17, 15) is 0 Å². The van der Waals surface area contributed by atoms with Gasteiger partial charge in [0, 0.05) is 25.2 Å². The van der Waals surface area contributed by atoms with Gasteiger partial charge in [-0.3, -0.25) is 4.90 Å². The average Bonchev–Trinajstić information content (AvgIpc) is 3.20. The molecule has 2 heterocycles. The minimum absolute atomic E-state index is 0.777. The van der Waals surface area contributed by atoms with Gasteiger partial charge in [0.1, 0.15) is 0 Å². The second-order valence-electron chi connectivity index (χ2n) is 7.62. The minimum Gasteiger partial charge on any atom is -0.313 e. The molecular weight excluding hydrogens is 258 g/mol. The first-order valence-electron chi connectivity index (χ1n) is 9.55. The van der Waals surface area contributed by atoms with Crippen LogP contribution in [0.3, 0.4) is 0 Å². The third-order valence-corrected chi connectivity index (χ3v) is 5.65. The van der Waals surface area contributed by atoms with Crippen molar-refractivity contribution < 1.29 is 0 Å². The van der Waals surface area contributed by atoms with Crippen LogP contribution in [-0.2, 0) is 0 Å². The van der Waals surface area contributed by atoms with Gasteiger partial charge in [-0.2, -0.15) is 0 Å². The summed E-state index contributed by atoms with van der Waals surface area (Å²) in [5, 5.41) is 3.71. The number of nitrogens with one attached hydrogen (secondary N) is 1. The van der Waals surface area contributed by atoms with Crippen LogP contribution in [0.2, 0.25) is 0 Å². The molecule has 2 unspecified atom stereocenters. The molecule has 0 aromatic carbocycles. The van der Waals surface area contributed by atoms with Crippen LogP contribution in [0.5, 0.6) is 0 Å². The van der Waals surface area contributed by atoms with Gasteiger partial charge in [-0.15, -0.1) is 0 Å². The summed E-state index contributed by atoms with van der Waals surface area (Å²) in [7, 11) is 0. The van der Waals surface area contributed by atoms with Crippen LogP contribution in [0.25, 0.3) is 0 Å². The van der Waals surface area contributed by atoms with E-state index in [1.807, 2.05) is 0 Å². The van der Waals surface area contributed by atoms with E-state index >= 15 is 0 Å². The lowest BCUT2D eigenvalue weighted by molar-refractivity contribution is 0.156. The summed E-state index contributed by atoms with van der Waals surface area (Å²) in [6, 6.07) is 1.63. The van der Waals surface area contributed by atoms with Gasteiger partial charge in [0.25, 0.3) is 0 Å². The van der Waals surface area contributed by atoms with Crippen LogP contribution in [-0.4, -0.2) is 61.2 Å². The predicted molar refractivity (Wildman–Crippen MR) is 89.7 cm³/mol. The van der Waals surface area contributed by atoms with Gasteiger partial charge in [0.2, 0.25) is 0 Å². The van der Waals surface area contributed by atoms with Crippen LogP contribution in [0.1, 0.15) is 58.3 Å². The van der Waals surface area contributed by atoms with E-state index in [1.54, 1.807) is 0 Å². The summed E-state index contributed by atoms with van der Waals surface area (Å²) < 4.78 is 0. The molecular formula is C18H35N3. The molecule has 122 valence electrons. The molecule has 2 saturated heterocycles. The SMILES string of the molecule is CCCN1CCCC(N(CC2CC2)CC2CCCN2)CC1. The maximum absolute atomic E-state index is 3.71. The lowest BCUT2D eigenvalue weighted by Gasteiger charge is -2.33. The van der Waals surface area contributed by atoms with E-state index in [0.29, 0.717) is 0 Å². The molecule has 1 aliphatic carbocycles. The molecule has 0 aromatic rings. The van der Waals surface area contributed by atoms with Crippen molar-refractivity contribution in [2.75, 3.05) is 39.3 Å². The van der Waals surface area contributed by atoms with Gasteiger partial charge >= 0.3 is 0 Å². The van der Waals surface area contributed by atoms with Crippen molar-refractivity contribution in [2.24, 2.45) is 5.92 Å². The standard InChI is InChI=1S/C18H35N3/c1-2-11-20-12-4-6-18(9-13-20)21(14-16-7-8-16)15-17-5-3-10-19-17/h16-19H,2-15H2,1H3. The lowest BCUT2D eigenvalue weighted by atomic mass is 10.1. The van der Waals surface area contributed by atoms with Crippen molar-refractivity contribution in [1.82, 2.24) is 15.1 Å². The van der Waals surface area contributed by atoms with Crippen LogP contribution in [0, 0.1) is 5.92 Å². The first kappa shape index (κ1) is 15.8. The quantitative estimate of drug-likeness (QED) is 0.778.